The van der Waals surface area contributed by atoms with Gasteiger partial charge in [-0.15, -0.1) is 0 Å². The highest BCUT2D eigenvalue weighted by molar-refractivity contribution is 5.93. The highest BCUT2D eigenvalue weighted by atomic mass is 16.7. The van der Waals surface area contributed by atoms with E-state index in [1.165, 1.54) is 6.92 Å². The van der Waals surface area contributed by atoms with Gasteiger partial charge in [0.25, 0.3) is 5.91 Å². The van der Waals surface area contributed by atoms with Crippen LogP contribution in [-0.2, 0) is 16.1 Å². The van der Waals surface area contributed by atoms with Gasteiger partial charge in [-0.2, -0.15) is 0 Å². The number of amides is 1. The minimum Gasteiger partial charge on any atom is -0.466 e. The van der Waals surface area contributed by atoms with Gasteiger partial charge in [-0.1, -0.05) is 6.07 Å². The molecule has 1 aliphatic heterocycles. The topological polar surface area (TPSA) is 87.0 Å². The second kappa shape index (κ2) is 6.88. The van der Waals surface area contributed by atoms with Crippen LogP contribution in [0.2, 0.25) is 0 Å². The van der Waals surface area contributed by atoms with Crippen LogP contribution >= 0.6 is 0 Å². The van der Waals surface area contributed by atoms with Crippen LogP contribution in [0.25, 0.3) is 0 Å². The van der Waals surface area contributed by atoms with E-state index in [4.69, 9.17) is 18.6 Å². The molecular formula is C18H19NO6. The minimum absolute atomic E-state index is 0.199. The number of furan rings is 1. The van der Waals surface area contributed by atoms with E-state index in [2.05, 4.69) is 5.32 Å². The summed E-state index contributed by atoms with van der Waals surface area (Å²) >= 11 is 0. The third-order valence-corrected chi connectivity index (χ3v) is 3.82. The van der Waals surface area contributed by atoms with E-state index in [9.17, 15) is 9.59 Å². The lowest BCUT2D eigenvalue weighted by Gasteiger charge is -2.13. The summed E-state index contributed by atoms with van der Waals surface area (Å²) < 4.78 is 21.0. The number of fused-ring (bicyclic) bond motifs is 1. The van der Waals surface area contributed by atoms with Crippen LogP contribution in [-0.4, -0.2) is 24.8 Å². The van der Waals surface area contributed by atoms with E-state index in [-0.39, 0.29) is 12.7 Å². The summed E-state index contributed by atoms with van der Waals surface area (Å²) in [5.74, 6) is 1.45. The molecule has 0 saturated carbocycles. The third kappa shape index (κ3) is 3.76. The molecule has 0 bridgehead atoms. The third-order valence-electron chi connectivity index (χ3n) is 3.82. The van der Waals surface area contributed by atoms with Crippen LogP contribution in [0.1, 0.15) is 34.4 Å². The number of benzene rings is 1. The zero-order valence-electron chi connectivity index (χ0n) is 14.3. The van der Waals surface area contributed by atoms with Crippen molar-refractivity contribution >= 4 is 11.9 Å². The average molecular weight is 345 g/mol. The van der Waals surface area contributed by atoms with E-state index in [0.29, 0.717) is 35.1 Å². The number of hydrogen-bond acceptors (Lipinski definition) is 6. The molecule has 1 atom stereocenters. The monoisotopic (exact) mass is 345 g/mol. The predicted octanol–water partition coefficient (Wildman–Crippen LogP) is 2.49. The summed E-state index contributed by atoms with van der Waals surface area (Å²) in [5, 5.41) is 2.73. The Balaban J connectivity index is 1.54. The van der Waals surface area contributed by atoms with Gasteiger partial charge in [-0.3, -0.25) is 4.79 Å². The normalized spacial score (nSPS) is 13.4. The maximum atomic E-state index is 12.1. The van der Waals surface area contributed by atoms with E-state index in [1.54, 1.807) is 32.0 Å². The van der Waals surface area contributed by atoms with E-state index in [1.807, 2.05) is 6.07 Å². The van der Waals surface area contributed by atoms with Crippen LogP contribution in [0.4, 0.5) is 0 Å². The molecule has 0 fully saturated rings. The van der Waals surface area contributed by atoms with Crippen LogP contribution in [0.15, 0.2) is 28.7 Å². The van der Waals surface area contributed by atoms with Gasteiger partial charge in [0, 0.05) is 6.54 Å². The van der Waals surface area contributed by atoms with Crippen molar-refractivity contribution in [1.29, 1.82) is 0 Å². The molecule has 1 aromatic carbocycles. The number of carbonyl (C=O) groups excluding carboxylic acids is 2. The molecule has 0 radical (unpaired) electrons. The van der Waals surface area contributed by atoms with E-state index in [0.717, 1.165) is 5.56 Å². The molecule has 1 N–H and O–H groups in total. The van der Waals surface area contributed by atoms with Gasteiger partial charge in [-0.05, 0) is 44.5 Å². The maximum absolute atomic E-state index is 12.1. The Morgan fingerprint density at radius 2 is 1.96 bits per heavy atom. The molecule has 25 heavy (non-hydrogen) atoms. The number of hydrogen-bond donors (Lipinski definition) is 1. The molecule has 0 spiro atoms. The summed E-state index contributed by atoms with van der Waals surface area (Å²) in [6.45, 7) is 5.43. The fourth-order valence-electron chi connectivity index (χ4n) is 2.49. The van der Waals surface area contributed by atoms with Crippen LogP contribution in [0.5, 0.6) is 11.5 Å². The lowest BCUT2D eigenvalue weighted by atomic mass is 10.2. The zero-order valence-corrected chi connectivity index (χ0v) is 14.3. The molecule has 0 aliphatic carbocycles. The fraction of sp³-hybridized carbons (Fsp3) is 0.333. The lowest BCUT2D eigenvalue weighted by Crippen LogP contribution is -2.35. The van der Waals surface area contributed by atoms with Crippen LogP contribution in [0, 0.1) is 13.8 Å². The molecule has 7 heteroatoms. The van der Waals surface area contributed by atoms with E-state index >= 15 is 0 Å². The first-order valence-electron chi connectivity index (χ1n) is 7.88. The second-order valence-corrected chi connectivity index (χ2v) is 5.78. The van der Waals surface area contributed by atoms with Gasteiger partial charge in [-0.25, -0.2) is 4.79 Å². The minimum atomic E-state index is -0.920. The molecule has 1 unspecified atom stereocenters. The molecule has 2 heterocycles. The van der Waals surface area contributed by atoms with Crippen molar-refractivity contribution in [1.82, 2.24) is 5.32 Å². The van der Waals surface area contributed by atoms with E-state index < -0.39 is 12.1 Å². The molecule has 2 aromatic rings. The van der Waals surface area contributed by atoms with Crippen molar-refractivity contribution in [2.24, 2.45) is 0 Å². The number of rotatable bonds is 5. The fourth-order valence-corrected chi connectivity index (χ4v) is 2.49. The zero-order chi connectivity index (χ0) is 18.0. The Labute approximate surface area is 144 Å². The molecule has 1 aliphatic rings. The lowest BCUT2D eigenvalue weighted by molar-refractivity contribution is -0.129. The van der Waals surface area contributed by atoms with Crippen molar-refractivity contribution in [3.05, 3.63) is 46.9 Å². The van der Waals surface area contributed by atoms with Gasteiger partial charge in [0.1, 0.15) is 17.1 Å². The quantitative estimate of drug-likeness (QED) is 0.838. The standard InChI is InChI=1S/C18H19NO6/c1-10-6-14(11(2)24-10)18(21)25-12(3)17(20)19-8-13-4-5-15-16(7-13)23-9-22-15/h4-7,12H,8-9H2,1-3H3,(H,19,20). The maximum Gasteiger partial charge on any atom is 0.342 e. The molecule has 3 rings (SSSR count). The summed E-state index contributed by atoms with van der Waals surface area (Å²) in [4.78, 5) is 24.2. The molecule has 1 amide bonds. The Hall–Kier alpha value is -2.96. The smallest absolute Gasteiger partial charge is 0.342 e. The summed E-state index contributed by atoms with van der Waals surface area (Å²) in [5.41, 5.74) is 1.19. The molecule has 0 saturated heterocycles. The Morgan fingerprint density at radius 3 is 2.68 bits per heavy atom. The van der Waals surface area contributed by atoms with Crippen molar-refractivity contribution < 1.29 is 28.2 Å². The Kier molecular flexibility index (Phi) is 4.65. The largest absolute Gasteiger partial charge is 0.466 e. The summed E-state index contributed by atoms with van der Waals surface area (Å²) in [6, 6.07) is 7.02. The van der Waals surface area contributed by atoms with Gasteiger partial charge < -0.3 is 23.9 Å². The van der Waals surface area contributed by atoms with Gasteiger partial charge in [0.15, 0.2) is 17.6 Å². The number of aryl methyl sites for hydroxylation is 2. The van der Waals surface area contributed by atoms with Gasteiger partial charge in [0.2, 0.25) is 6.79 Å². The predicted molar refractivity (Wildman–Crippen MR) is 87.5 cm³/mol. The SMILES string of the molecule is Cc1cc(C(=O)OC(C)C(=O)NCc2ccc3c(c2)OCO3)c(C)o1. The average Bonchev–Trinajstić information content (AvgIpc) is 3.17. The number of carbonyl (C=O) groups is 2. The summed E-state index contributed by atoms with van der Waals surface area (Å²) in [7, 11) is 0. The highest BCUT2D eigenvalue weighted by Gasteiger charge is 2.22. The van der Waals surface area contributed by atoms with Crippen molar-refractivity contribution in [3.63, 3.8) is 0 Å². The summed E-state index contributed by atoms with van der Waals surface area (Å²) in [6.07, 6.45) is -0.920. The van der Waals surface area contributed by atoms with Gasteiger partial charge in [0.05, 0.1) is 0 Å². The molecule has 132 valence electrons. The Bertz CT molecular complexity index is 810. The van der Waals surface area contributed by atoms with Crippen LogP contribution in [0.3, 0.4) is 0 Å². The van der Waals surface area contributed by atoms with Crippen LogP contribution < -0.4 is 14.8 Å². The first-order valence-corrected chi connectivity index (χ1v) is 7.88. The first kappa shape index (κ1) is 16.9. The number of esters is 1. The molecule has 7 nitrogen and oxygen atoms in total. The first-order chi connectivity index (χ1) is 11.9. The number of nitrogens with one attached hydrogen (secondary N) is 1. The van der Waals surface area contributed by atoms with Crippen molar-refractivity contribution in [2.75, 3.05) is 6.79 Å². The van der Waals surface area contributed by atoms with Gasteiger partial charge >= 0.3 is 5.97 Å². The highest BCUT2D eigenvalue weighted by Crippen LogP contribution is 2.32. The van der Waals surface area contributed by atoms with Crippen molar-refractivity contribution in [2.45, 2.75) is 33.4 Å². The number of ether oxygens (including phenoxy) is 3. The second-order valence-electron chi connectivity index (χ2n) is 5.78. The Morgan fingerprint density at radius 1 is 1.20 bits per heavy atom. The molecular weight excluding hydrogens is 326 g/mol. The molecule has 1 aromatic heterocycles. The van der Waals surface area contributed by atoms with Crippen molar-refractivity contribution in [3.8, 4) is 11.5 Å².